The predicted octanol–water partition coefficient (Wildman–Crippen LogP) is 0.821. The molecule has 0 aromatic rings. The summed E-state index contributed by atoms with van der Waals surface area (Å²) in [7, 11) is 0. The zero-order valence-electron chi connectivity index (χ0n) is 38.6. The molecule has 3 heterocycles. The Hall–Kier alpha value is -1.23. The highest BCUT2D eigenvalue weighted by atomic mass is 16.8. The van der Waals surface area contributed by atoms with Gasteiger partial charge in [0.15, 0.2) is 18.9 Å². The lowest BCUT2D eigenvalue weighted by molar-refractivity contribution is -0.370. The number of allylic oxidation sites excluding steroid dienone is 2. The average molecular weight is 915 g/mol. The van der Waals surface area contributed by atoms with Gasteiger partial charge in [-0.05, 0) is 125 Å². The Morgan fingerprint density at radius 2 is 1.31 bits per heavy atom. The van der Waals surface area contributed by atoms with Gasteiger partial charge in [-0.25, -0.2) is 0 Å². The number of aldehydes is 1. The van der Waals surface area contributed by atoms with E-state index >= 15 is 0 Å². The smallest absolute Gasteiger partial charge is 0.187 e. The summed E-state index contributed by atoms with van der Waals surface area (Å²) in [6.07, 6.45) is -10.1. The minimum atomic E-state index is -1.68. The molecular weight excluding hydrogens is 837 g/mol. The van der Waals surface area contributed by atoms with Crippen LogP contribution in [0.2, 0.25) is 0 Å². The van der Waals surface area contributed by atoms with Crippen molar-refractivity contribution in [2.75, 3.05) is 19.8 Å². The molecule has 0 aromatic heterocycles. The van der Waals surface area contributed by atoms with Crippen LogP contribution in [0.5, 0.6) is 0 Å². The maximum atomic E-state index is 14.0. The first-order valence-corrected chi connectivity index (χ1v) is 23.7. The Kier molecular flexibility index (Phi) is 15.0. The Morgan fingerprint density at radius 1 is 0.688 bits per heavy atom. The lowest BCUT2D eigenvalue weighted by atomic mass is 9.35. The molecule has 368 valence electrons. The Labute approximate surface area is 377 Å². The van der Waals surface area contributed by atoms with Gasteiger partial charge in [-0.1, -0.05) is 39.3 Å². The number of carbonyl (C=O) groups excluding carboxylic acids is 1. The molecule has 17 heteroatoms. The predicted molar refractivity (Wildman–Crippen MR) is 227 cm³/mol. The van der Waals surface area contributed by atoms with Crippen LogP contribution in [-0.4, -0.2) is 175 Å². The third-order valence-corrected chi connectivity index (χ3v) is 18.2. The molecule has 4 saturated carbocycles. The van der Waals surface area contributed by atoms with Gasteiger partial charge in [0.25, 0.3) is 0 Å². The molecule has 23 unspecified atom stereocenters. The first-order valence-electron chi connectivity index (χ1n) is 23.7. The second-order valence-corrected chi connectivity index (χ2v) is 22.0. The van der Waals surface area contributed by atoms with Crippen molar-refractivity contribution >= 4 is 6.29 Å². The molecule has 7 fully saturated rings. The molecule has 7 rings (SSSR count). The van der Waals surface area contributed by atoms with E-state index in [0.717, 1.165) is 38.5 Å². The standard InChI is InChI=1S/C47H78O17/c1-23(2)9-8-15-46(7,64-41-38(58)35(55)33(53)27(19-48)60-41)25-12-16-44(5)24(25)10-11-30-45(44,6)17-13-29-43(3,4)31(14-18-47(29,30)22-50)62-42-39(36(56)34(54)28(20-49)61-42)63-40-37(57)32(52)26(51)21-59-40/h9,22,24-42,48-49,51-58H,8,10-21H2,1-7H3. The van der Waals surface area contributed by atoms with Crippen molar-refractivity contribution in [2.45, 2.75) is 210 Å². The van der Waals surface area contributed by atoms with E-state index in [1.807, 2.05) is 13.8 Å². The van der Waals surface area contributed by atoms with Gasteiger partial charge in [0.2, 0.25) is 0 Å². The quantitative estimate of drug-likeness (QED) is 0.0696. The first-order chi connectivity index (χ1) is 30.0. The summed E-state index contributed by atoms with van der Waals surface area (Å²) in [5.41, 5.74) is -1.39. The highest BCUT2D eigenvalue weighted by Gasteiger charge is 2.71. The molecule has 4 aliphatic carbocycles. The number of hydrogen-bond acceptors (Lipinski definition) is 17. The summed E-state index contributed by atoms with van der Waals surface area (Å²) < 4.78 is 37.0. The van der Waals surface area contributed by atoms with Crippen molar-refractivity contribution in [3.8, 4) is 0 Å². The number of fused-ring (bicyclic) bond motifs is 5. The summed E-state index contributed by atoms with van der Waals surface area (Å²) in [6, 6.07) is 0. The number of rotatable bonds is 13. The van der Waals surface area contributed by atoms with Crippen LogP contribution in [0.25, 0.3) is 0 Å². The number of hydrogen-bond donors (Lipinski definition) is 10. The van der Waals surface area contributed by atoms with Crippen molar-refractivity contribution in [3.05, 3.63) is 11.6 Å². The second-order valence-electron chi connectivity index (χ2n) is 22.0. The fraction of sp³-hybridized carbons (Fsp3) is 0.936. The zero-order valence-corrected chi connectivity index (χ0v) is 38.6. The first kappa shape index (κ1) is 50.6. The maximum absolute atomic E-state index is 14.0. The Morgan fingerprint density at radius 3 is 1.95 bits per heavy atom. The second kappa shape index (κ2) is 18.9. The van der Waals surface area contributed by atoms with Gasteiger partial charge >= 0.3 is 0 Å². The molecule has 3 aliphatic heterocycles. The summed E-state index contributed by atoms with van der Waals surface area (Å²) in [5.74, 6) is 0.169. The van der Waals surface area contributed by atoms with E-state index in [0.29, 0.717) is 25.7 Å². The Balaban J connectivity index is 1.13. The molecule has 7 aliphatic rings. The minimum absolute atomic E-state index is 0.0365. The number of aliphatic hydroxyl groups excluding tert-OH is 10. The van der Waals surface area contributed by atoms with Gasteiger partial charge in [0.05, 0.1) is 31.5 Å². The summed E-state index contributed by atoms with van der Waals surface area (Å²) in [4.78, 5) is 14.0. The third kappa shape index (κ3) is 8.40. The summed E-state index contributed by atoms with van der Waals surface area (Å²) in [5, 5.41) is 106. The lowest BCUT2D eigenvalue weighted by Gasteiger charge is -2.69. The molecule has 17 nitrogen and oxygen atoms in total. The summed E-state index contributed by atoms with van der Waals surface area (Å²) >= 11 is 0. The van der Waals surface area contributed by atoms with Gasteiger partial charge in [-0.15, -0.1) is 0 Å². The van der Waals surface area contributed by atoms with Crippen molar-refractivity contribution in [2.24, 2.45) is 45.3 Å². The zero-order chi connectivity index (χ0) is 46.9. The SMILES string of the molecule is CC(C)=CCCC(C)(OC1OC(CO)C(O)C(O)C1O)C1CCC2(C)C1CCC1C3(C=O)CCC(OC4OC(CO)C(O)C(O)C4OC4OCC(O)C(O)C4O)C(C)(C)C3CCC12C. The molecule has 64 heavy (non-hydrogen) atoms. The van der Waals surface area contributed by atoms with Crippen molar-refractivity contribution < 1.29 is 84.3 Å². The highest BCUT2D eigenvalue weighted by Crippen LogP contribution is 2.76. The van der Waals surface area contributed by atoms with Crippen molar-refractivity contribution in [1.29, 1.82) is 0 Å². The van der Waals surface area contributed by atoms with E-state index in [1.54, 1.807) is 0 Å². The van der Waals surface area contributed by atoms with Gasteiger partial charge in [0, 0.05) is 5.41 Å². The van der Waals surface area contributed by atoms with Crippen LogP contribution in [0.15, 0.2) is 11.6 Å². The summed E-state index contributed by atoms with van der Waals surface area (Å²) in [6.45, 7) is 13.6. The molecular formula is C47H78O17. The fourth-order valence-corrected chi connectivity index (χ4v) is 14.4. The van der Waals surface area contributed by atoms with Crippen LogP contribution < -0.4 is 0 Å². The van der Waals surface area contributed by atoms with Crippen LogP contribution in [0.3, 0.4) is 0 Å². The average Bonchev–Trinajstić information content (AvgIpc) is 3.62. The van der Waals surface area contributed by atoms with Crippen molar-refractivity contribution in [1.82, 2.24) is 0 Å². The molecule has 0 spiro atoms. The minimum Gasteiger partial charge on any atom is -0.394 e. The van der Waals surface area contributed by atoms with Crippen LogP contribution in [0.1, 0.15) is 113 Å². The number of aliphatic hydroxyl groups is 10. The molecule has 10 N–H and O–H groups in total. The Bertz CT molecular complexity index is 1640. The third-order valence-electron chi connectivity index (χ3n) is 18.2. The van der Waals surface area contributed by atoms with E-state index in [-0.39, 0.29) is 41.1 Å². The fourth-order valence-electron chi connectivity index (χ4n) is 14.4. The van der Waals surface area contributed by atoms with Crippen LogP contribution in [0.4, 0.5) is 0 Å². The van der Waals surface area contributed by atoms with E-state index in [2.05, 4.69) is 40.7 Å². The van der Waals surface area contributed by atoms with E-state index in [4.69, 9.17) is 28.4 Å². The monoisotopic (exact) mass is 915 g/mol. The number of carbonyl (C=O) groups is 1. The largest absolute Gasteiger partial charge is 0.394 e. The van der Waals surface area contributed by atoms with Crippen LogP contribution in [0, 0.1) is 45.3 Å². The number of ether oxygens (including phenoxy) is 6. The topological polar surface area (TPSA) is 275 Å². The van der Waals surface area contributed by atoms with E-state index < -0.39 is 122 Å². The van der Waals surface area contributed by atoms with Gasteiger partial charge in [-0.2, -0.15) is 0 Å². The van der Waals surface area contributed by atoms with Crippen LogP contribution in [-0.2, 0) is 33.2 Å². The van der Waals surface area contributed by atoms with Gasteiger partial charge < -0.3 is 84.3 Å². The lowest BCUT2D eigenvalue weighted by Crippen LogP contribution is -2.67. The molecule has 0 aromatic carbocycles. The maximum Gasteiger partial charge on any atom is 0.187 e. The highest BCUT2D eigenvalue weighted by molar-refractivity contribution is 5.62. The molecule has 0 amide bonds. The normalized spacial score (nSPS) is 51.2. The molecule has 23 atom stereocenters. The van der Waals surface area contributed by atoms with Crippen LogP contribution >= 0.6 is 0 Å². The molecule has 0 radical (unpaired) electrons. The van der Waals surface area contributed by atoms with Gasteiger partial charge in [0.1, 0.15) is 73.4 Å². The van der Waals surface area contributed by atoms with Gasteiger partial charge in [-0.3, -0.25) is 0 Å². The molecule has 3 saturated heterocycles. The van der Waals surface area contributed by atoms with Crippen molar-refractivity contribution in [3.63, 3.8) is 0 Å². The van der Waals surface area contributed by atoms with E-state index in [1.165, 1.54) is 11.9 Å². The van der Waals surface area contributed by atoms with E-state index in [9.17, 15) is 55.9 Å². The molecule has 0 bridgehead atoms.